The average Bonchev–Trinajstić information content (AvgIpc) is 2.63. The molecule has 5 heteroatoms. The van der Waals surface area contributed by atoms with Gasteiger partial charge in [0, 0.05) is 22.5 Å². The number of carboxylic acids is 1. The van der Waals surface area contributed by atoms with E-state index in [1.807, 2.05) is 30.3 Å². The van der Waals surface area contributed by atoms with Crippen molar-refractivity contribution in [1.29, 1.82) is 0 Å². The first-order valence-electron chi connectivity index (χ1n) is 8.69. The molecule has 0 bridgehead atoms. The van der Waals surface area contributed by atoms with Crippen LogP contribution in [-0.2, 0) is 6.54 Å². The third-order valence-electron chi connectivity index (χ3n) is 4.48. The van der Waals surface area contributed by atoms with E-state index in [4.69, 9.17) is 11.6 Å². The topological polar surface area (TPSA) is 59.3 Å². The van der Waals surface area contributed by atoms with Crippen LogP contribution in [0.25, 0.3) is 21.9 Å². The standard InChI is InChI=1S/C21H20ClNO3/c1-2-3-7-12-23-19(21(25)26)18(14-8-5-4-6-9-14)17-13-15(22)10-11-16(17)20(23)24/h4-6,8-11,13H,2-3,7,12H2,1H3,(H,25,26). The van der Waals surface area contributed by atoms with Crippen molar-refractivity contribution in [3.63, 3.8) is 0 Å². The fraction of sp³-hybridized carbons (Fsp3) is 0.238. The molecule has 0 unspecified atom stereocenters. The first-order valence-corrected chi connectivity index (χ1v) is 9.07. The Balaban J connectivity index is 2.42. The van der Waals surface area contributed by atoms with E-state index in [0.29, 0.717) is 27.9 Å². The zero-order chi connectivity index (χ0) is 18.7. The summed E-state index contributed by atoms with van der Waals surface area (Å²) in [7, 11) is 0. The van der Waals surface area contributed by atoms with Crippen molar-refractivity contribution in [1.82, 2.24) is 4.57 Å². The summed E-state index contributed by atoms with van der Waals surface area (Å²) >= 11 is 6.15. The molecule has 3 aromatic rings. The van der Waals surface area contributed by atoms with Gasteiger partial charge in [0.15, 0.2) is 0 Å². The van der Waals surface area contributed by atoms with Crippen molar-refractivity contribution in [3.8, 4) is 11.1 Å². The summed E-state index contributed by atoms with van der Waals surface area (Å²) in [6.45, 7) is 2.45. The number of benzene rings is 2. The number of hydrogen-bond acceptors (Lipinski definition) is 2. The van der Waals surface area contributed by atoms with Crippen LogP contribution < -0.4 is 5.56 Å². The van der Waals surface area contributed by atoms with Crippen LogP contribution in [0.3, 0.4) is 0 Å². The number of pyridine rings is 1. The molecule has 2 aromatic carbocycles. The predicted molar refractivity (Wildman–Crippen MR) is 105 cm³/mol. The minimum atomic E-state index is -1.11. The maximum atomic E-state index is 13.0. The number of carbonyl (C=O) groups is 1. The molecule has 1 aromatic heterocycles. The largest absolute Gasteiger partial charge is 0.477 e. The monoisotopic (exact) mass is 369 g/mol. The summed E-state index contributed by atoms with van der Waals surface area (Å²) in [6, 6.07) is 14.3. The van der Waals surface area contributed by atoms with Gasteiger partial charge in [0.2, 0.25) is 0 Å². The summed E-state index contributed by atoms with van der Waals surface area (Å²) in [5, 5.41) is 11.4. The van der Waals surface area contributed by atoms with Crippen LogP contribution in [0.1, 0.15) is 36.7 Å². The highest BCUT2D eigenvalue weighted by Gasteiger charge is 2.22. The molecular weight excluding hydrogens is 350 g/mol. The van der Waals surface area contributed by atoms with E-state index in [0.717, 1.165) is 24.8 Å². The summed E-state index contributed by atoms with van der Waals surface area (Å²) in [5.41, 5.74) is 1.02. The number of fused-ring (bicyclic) bond motifs is 1. The smallest absolute Gasteiger partial charge is 0.353 e. The lowest BCUT2D eigenvalue weighted by Crippen LogP contribution is -2.27. The minimum Gasteiger partial charge on any atom is -0.477 e. The Hall–Kier alpha value is -2.59. The van der Waals surface area contributed by atoms with Crippen molar-refractivity contribution >= 4 is 28.3 Å². The normalized spacial score (nSPS) is 11.0. The van der Waals surface area contributed by atoms with Crippen LogP contribution in [0.4, 0.5) is 0 Å². The number of unbranched alkanes of at least 4 members (excludes halogenated alkanes) is 2. The average molecular weight is 370 g/mol. The molecule has 0 atom stereocenters. The Labute approximate surface area is 156 Å². The molecule has 0 spiro atoms. The molecule has 3 rings (SSSR count). The lowest BCUT2D eigenvalue weighted by atomic mass is 9.96. The highest BCUT2D eigenvalue weighted by Crippen LogP contribution is 2.32. The predicted octanol–water partition coefficient (Wildman–Crippen LogP) is 5.21. The van der Waals surface area contributed by atoms with Gasteiger partial charge in [-0.1, -0.05) is 61.7 Å². The van der Waals surface area contributed by atoms with Crippen molar-refractivity contribution in [2.24, 2.45) is 0 Å². The van der Waals surface area contributed by atoms with Crippen molar-refractivity contribution < 1.29 is 9.90 Å². The van der Waals surface area contributed by atoms with Gasteiger partial charge in [-0.3, -0.25) is 4.79 Å². The SMILES string of the molecule is CCCCCn1c(C(=O)O)c(-c2ccccc2)c2cc(Cl)ccc2c1=O. The molecule has 0 amide bonds. The molecule has 0 aliphatic heterocycles. The van der Waals surface area contributed by atoms with Gasteiger partial charge < -0.3 is 9.67 Å². The Morgan fingerprint density at radius 3 is 2.46 bits per heavy atom. The van der Waals surface area contributed by atoms with Crippen molar-refractivity contribution in [2.75, 3.05) is 0 Å². The second kappa shape index (κ2) is 7.75. The van der Waals surface area contributed by atoms with Crippen LogP contribution in [0, 0.1) is 0 Å². The molecule has 0 aliphatic rings. The van der Waals surface area contributed by atoms with Gasteiger partial charge >= 0.3 is 5.97 Å². The summed E-state index contributed by atoms with van der Waals surface area (Å²) in [4.78, 5) is 25.1. The molecule has 0 aliphatic carbocycles. The van der Waals surface area contributed by atoms with Crippen LogP contribution in [0.5, 0.6) is 0 Å². The van der Waals surface area contributed by atoms with Crippen LogP contribution in [0.15, 0.2) is 53.3 Å². The molecule has 0 fully saturated rings. The fourth-order valence-electron chi connectivity index (χ4n) is 3.27. The van der Waals surface area contributed by atoms with Crippen LogP contribution in [0.2, 0.25) is 5.02 Å². The van der Waals surface area contributed by atoms with Gasteiger partial charge in [0.25, 0.3) is 5.56 Å². The van der Waals surface area contributed by atoms with Gasteiger partial charge in [-0.25, -0.2) is 4.79 Å². The van der Waals surface area contributed by atoms with E-state index in [-0.39, 0.29) is 11.3 Å². The summed E-state index contributed by atoms with van der Waals surface area (Å²) in [5.74, 6) is -1.11. The number of nitrogens with zero attached hydrogens (tertiary/aromatic N) is 1. The van der Waals surface area contributed by atoms with E-state index in [9.17, 15) is 14.7 Å². The van der Waals surface area contributed by atoms with E-state index in [2.05, 4.69) is 6.92 Å². The summed E-state index contributed by atoms with van der Waals surface area (Å²) < 4.78 is 1.40. The molecule has 0 radical (unpaired) electrons. The van der Waals surface area contributed by atoms with Crippen molar-refractivity contribution in [2.45, 2.75) is 32.7 Å². The second-order valence-electron chi connectivity index (χ2n) is 6.25. The zero-order valence-corrected chi connectivity index (χ0v) is 15.3. The first-order chi connectivity index (χ1) is 12.5. The molecule has 1 heterocycles. The molecule has 1 N–H and O–H groups in total. The molecule has 0 saturated heterocycles. The van der Waals surface area contributed by atoms with Gasteiger partial charge in [-0.15, -0.1) is 0 Å². The number of carboxylic acid groups (broad SMARTS) is 1. The highest BCUT2D eigenvalue weighted by molar-refractivity contribution is 6.31. The fourth-order valence-corrected chi connectivity index (χ4v) is 3.44. The van der Waals surface area contributed by atoms with Gasteiger partial charge in [-0.05, 0) is 35.6 Å². The number of hydrogen-bond donors (Lipinski definition) is 1. The minimum absolute atomic E-state index is 0.0204. The quantitative estimate of drug-likeness (QED) is 0.607. The zero-order valence-electron chi connectivity index (χ0n) is 14.5. The molecule has 26 heavy (non-hydrogen) atoms. The van der Waals surface area contributed by atoms with Gasteiger partial charge in [0.05, 0.1) is 0 Å². The Bertz CT molecular complexity index is 1010. The lowest BCUT2D eigenvalue weighted by Gasteiger charge is -2.17. The van der Waals surface area contributed by atoms with E-state index in [1.165, 1.54) is 4.57 Å². The van der Waals surface area contributed by atoms with E-state index >= 15 is 0 Å². The molecular formula is C21H20ClNO3. The number of aromatic carboxylic acids is 1. The summed E-state index contributed by atoms with van der Waals surface area (Å²) in [6.07, 6.45) is 2.68. The lowest BCUT2D eigenvalue weighted by molar-refractivity contribution is 0.0684. The van der Waals surface area contributed by atoms with E-state index < -0.39 is 5.97 Å². The number of aromatic nitrogens is 1. The van der Waals surface area contributed by atoms with Gasteiger partial charge in [0.1, 0.15) is 5.69 Å². The van der Waals surface area contributed by atoms with Crippen molar-refractivity contribution in [3.05, 3.63) is 69.6 Å². The molecule has 0 saturated carbocycles. The maximum Gasteiger partial charge on any atom is 0.353 e. The maximum absolute atomic E-state index is 13.0. The third-order valence-corrected chi connectivity index (χ3v) is 4.72. The van der Waals surface area contributed by atoms with Gasteiger partial charge in [-0.2, -0.15) is 0 Å². The highest BCUT2D eigenvalue weighted by atomic mass is 35.5. The second-order valence-corrected chi connectivity index (χ2v) is 6.69. The van der Waals surface area contributed by atoms with Crippen LogP contribution in [-0.4, -0.2) is 15.6 Å². The number of halogens is 1. The van der Waals surface area contributed by atoms with Crippen LogP contribution >= 0.6 is 11.6 Å². The first kappa shape index (κ1) is 18.2. The molecule has 134 valence electrons. The van der Waals surface area contributed by atoms with E-state index in [1.54, 1.807) is 18.2 Å². The molecule has 4 nitrogen and oxygen atoms in total. The Morgan fingerprint density at radius 1 is 1.08 bits per heavy atom. The number of rotatable bonds is 6. The Morgan fingerprint density at radius 2 is 1.81 bits per heavy atom. The Kier molecular flexibility index (Phi) is 5.43. The third kappa shape index (κ3) is 3.37.